The van der Waals surface area contributed by atoms with Crippen LogP contribution < -0.4 is 10.6 Å². The number of nitrogens with zero attached hydrogens (tertiary/aromatic N) is 2. The Balaban J connectivity index is 1.49. The van der Waals surface area contributed by atoms with Crippen molar-refractivity contribution in [3.05, 3.63) is 35.9 Å². The molecule has 5 heteroatoms. The van der Waals surface area contributed by atoms with Crippen molar-refractivity contribution in [1.82, 2.24) is 20.4 Å². The predicted molar refractivity (Wildman–Crippen MR) is 104 cm³/mol. The zero-order valence-corrected chi connectivity index (χ0v) is 16.1. The average molecular weight is 357 g/mol. The molecular weight excluding hydrogens is 324 g/mol. The van der Waals surface area contributed by atoms with Gasteiger partial charge in [-0.3, -0.25) is 4.90 Å². The fourth-order valence-electron chi connectivity index (χ4n) is 5.32. The minimum absolute atomic E-state index is 0.0315. The number of nitrogens with one attached hydrogen (secondary N) is 2. The Kier molecular flexibility index (Phi) is 4.70. The zero-order chi connectivity index (χ0) is 18.2. The second kappa shape index (κ2) is 6.86. The van der Waals surface area contributed by atoms with E-state index in [9.17, 15) is 4.79 Å². The largest absolute Gasteiger partial charge is 0.331 e. The molecule has 2 N–H and O–H groups in total. The van der Waals surface area contributed by atoms with E-state index >= 15 is 0 Å². The summed E-state index contributed by atoms with van der Waals surface area (Å²) < 4.78 is 0. The summed E-state index contributed by atoms with van der Waals surface area (Å²) in [4.78, 5) is 17.2. The summed E-state index contributed by atoms with van der Waals surface area (Å²) in [5.74, 6) is 0. The molecule has 1 aromatic rings. The van der Waals surface area contributed by atoms with Crippen molar-refractivity contribution in [2.45, 2.75) is 55.6 Å². The van der Waals surface area contributed by atoms with E-state index in [0.717, 1.165) is 58.2 Å². The van der Waals surface area contributed by atoms with Gasteiger partial charge in [0.1, 0.15) is 0 Å². The van der Waals surface area contributed by atoms with E-state index in [0.29, 0.717) is 6.04 Å². The third kappa shape index (κ3) is 3.01. The molecule has 2 heterocycles. The molecule has 1 aromatic carbocycles. The van der Waals surface area contributed by atoms with Crippen molar-refractivity contribution in [2.24, 2.45) is 0 Å². The molecule has 2 saturated heterocycles. The van der Waals surface area contributed by atoms with Gasteiger partial charge in [0, 0.05) is 18.1 Å². The van der Waals surface area contributed by atoms with Gasteiger partial charge in [-0.05, 0) is 71.3 Å². The summed E-state index contributed by atoms with van der Waals surface area (Å²) in [6.45, 7) is 2.94. The molecule has 2 amide bonds. The molecule has 1 spiro atoms. The Morgan fingerprint density at radius 2 is 1.69 bits per heavy atom. The SMILES string of the molecule is CN(C)C1(c2ccccc2)CCC2(CC1)CN(C1CCNCC1)C(=O)N2. The van der Waals surface area contributed by atoms with Gasteiger partial charge in [0.2, 0.25) is 0 Å². The molecule has 1 saturated carbocycles. The number of carbonyl (C=O) groups excluding carboxylic acids is 1. The standard InChI is InChI=1S/C21H32N4O/c1-24(2)21(17-6-4-3-5-7-17)12-10-20(11-13-21)16-25(19(26)23-20)18-8-14-22-15-9-18/h3-7,18,22H,8-16H2,1-2H3,(H,23,26). The second-order valence-electron chi connectivity index (χ2n) is 8.61. The third-order valence-corrected chi connectivity index (χ3v) is 7.06. The van der Waals surface area contributed by atoms with Crippen LogP contribution in [0.1, 0.15) is 44.1 Å². The average Bonchev–Trinajstić information content (AvgIpc) is 3.00. The van der Waals surface area contributed by atoms with Crippen molar-refractivity contribution >= 4 is 6.03 Å². The second-order valence-corrected chi connectivity index (χ2v) is 8.61. The fourth-order valence-corrected chi connectivity index (χ4v) is 5.32. The minimum atomic E-state index is -0.0315. The molecule has 26 heavy (non-hydrogen) atoms. The lowest BCUT2D eigenvalue weighted by Crippen LogP contribution is -2.54. The van der Waals surface area contributed by atoms with Crippen molar-refractivity contribution in [3.63, 3.8) is 0 Å². The Morgan fingerprint density at radius 3 is 2.31 bits per heavy atom. The van der Waals surface area contributed by atoms with Crippen LogP contribution in [0.3, 0.4) is 0 Å². The third-order valence-electron chi connectivity index (χ3n) is 7.06. The first-order chi connectivity index (χ1) is 12.5. The quantitative estimate of drug-likeness (QED) is 0.875. The molecule has 5 nitrogen and oxygen atoms in total. The van der Waals surface area contributed by atoms with Crippen LogP contribution in [0, 0.1) is 0 Å². The van der Waals surface area contributed by atoms with Crippen LogP contribution in [0.15, 0.2) is 30.3 Å². The van der Waals surface area contributed by atoms with Crippen LogP contribution in [0.5, 0.6) is 0 Å². The van der Waals surface area contributed by atoms with Crippen molar-refractivity contribution in [1.29, 1.82) is 0 Å². The van der Waals surface area contributed by atoms with Crippen LogP contribution >= 0.6 is 0 Å². The maximum Gasteiger partial charge on any atom is 0.318 e. The highest BCUT2D eigenvalue weighted by Crippen LogP contribution is 2.46. The van der Waals surface area contributed by atoms with Crippen LogP contribution in [0.2, 0.25) is 0 Å². The summed E-state index contributed by atoms with van der Waals surface area (Å²) in [7, 11) is 4.39. The van der Waals surface area contributed by atoms with Gasteiger partial charge in [0.15, 0.2) is 0 Å². The van der Waals surface area contributed by atoms with Gasteiger partial charge in [-0.2, -0.15) is 0 Å². The first-order valence-corrected chi connectivity index (χ1v) is 10.1. The van der Waals surface area contributed by atoms with Gasteiger partial charge >= 0.3 is 6.03 Å². The Hall–Kier alpha value is -1.59. The fraction of sp³-hybridized carbons (Fsp3) is 0.667. The zero-order valence-electron chi connectivity index (χ0n) is 16.1. The topological polar surface area (TPSA) is 47.6 Å². The lowest BCUT2D eigenvalue weighted by molar-refractivity contribution is 0.0597. The smallest absolute Gasteiger partial charge is 0.318 e. The number of hydrogen-bond donors (Lipinski definition) is 2. The predicted octanol–water partition coefficient (Wildman–Crippen LogP) is 2.53. The van der Waals surface area contributed by atoms with E-state index in [1.54, 1.807) is 0 Å². The van der Waals surface area contributed by atoms with Gasteiger partial charge in [-0.25, -0.2) is 4.79 Å². The minimum Gasteiger partial charge on any atom is -0.331 e. The molecule has 1 aliphatic carbocycles. The van der Waals surface area contributed by atoms with E-state index in [2.05, 4.69) is 64.9 Å². The van der Waals surface area contributed by atoms with E-state index in [1.807, 2.05) is 0 Å². The Labute approximate surface area is 157 Å². The summed E-state index contributed by atoms with van der Waals surface area (Å²) in [5, 5.41) is 6.79. The number of hydrogen-bond acceptors (Lipinski definition) is 3. The van der Waals surface area contributed by atoms with Crippen LogP contribution in [0.4, 0.5) is 4.79 Å². The van der Waals surface area contributed by atoms with Crippen LogP contribution in [-0.4, -0.2) is 61.1 Å². The number of amides is 2. The van der Waals surface area contributed by atoms with E-state index in [1.165, 1.54) is 5.56 Å². The number of carbonyl (C=O) groups is 1. The number of benzene rings is 1. The molecular formula is C21H32N4O. The molecule has 0 aromatic heterocycles. The first-order valence-electron chi connectivity index (χ1n) is 10.1. The molecule has 3 aliphatic rings. The lowest BCUT2D eigenvalue weighted by Gasteiger charge is -2.48. The molecule has 0 atom stereocenters. The van der Waals surface area contributed by atoms with Crippen molar-refractivity contribution in [2.75, 3.05) is 33.7 Å². The van der Waals surface area contributed by atoms with Gasteiger partial charge in [0.05, 0.1) is 5.54 Å². The molecule has 2 aliphatic heterocycles. The molecule has 0 unspecified atom stereocenters. The van der Waals surface area contributed by atoms with Gasteiger partial charge in [-0.15, -0.1) is 0 Å². The molecule has 3 fully saturated rings. The Bertz CT molecular complexity index is 631. The highest BCUT2D eigenvalue weighted by molar-refractivity contribution is 5.78. The Morgan fingerprint density at radius 1 is 1.04 bits per heavy atom. The number of rotatable bonds is 3. The monoisotopic (exact) mass is 356 g/mol. The normalized spacial score (nSPS) is 33.0. The highest BCUT2D eigenvalue weighted by atomic mass is 16.2. The van der Waals surface area contributed by atoms with Gasteiger partial charge in [0.25, 0.3) is 0 Å². The van der Waals surface area contributed by atoms with Crippen molar-refractivity contribution < 1.29 is 4.79 Å². The van der Waals surface area contributed by atoms with Crippen molar-refractivity contribution in [3.8, 4) is 0 Å². The molecule has 4 rings (SSSR count). The van der Waals surface area contributed by atoms with E-state index in [4.69, 9.17) is 0 Å². The van der Waals surface area contributed by atoms with E-state index < -0.39 is 0 Å². The van der Waals surface area contributed by atoms with Crippen LogP contribution in [0.25, 0.3) is 0 Å². The lowest BCUT2D eigenvalue weighted by atomic mass is 9.69. The summed E-state index contributed by atoms with van der Waals surface area (Å²) in [5.41, 5.74) is 1.45. The molecule has 0 radical (unpaired) electrons. The van der Waals surface area contributed by atoms with E-state index in [-0.39, 0.29) is 17.1 Å². The van der Waals surface area contributed by atoms with Crippen LogP contribution in [-0.2, 0) is 5.54 Å². The number of urea groups is 1. The van der Waals surface area contributed by atoms with Gasteiger partial charge < -0.3 is 15.5 Å². The molecule has 142 valence electrons. The molecule has 0 bridgehead atoms. The summed E-state index contributed by atoms with van der Waals surface area (Å²) >= 11 is 0. The van der Waals surface area contributed by atoms with Gasteiger partial charge in [-0.1, -0.05) is 30.3 Å². The number of piperidine rings is 1. The maximum atomic E-state index is 12.7. The summed E-state index contributed by atoms with van der Waals surface area (Å²) in [6, 6.07) is 11.5. The maximum absolute atomic E-state index is 12.7. The summed E-state index contributed by atoms with van der Waals surface area (Å²) in [6.07, 6.45) is 6.43. The first kappa shape index (κ1) is 17.8. The highest BCUT2D eigenvalue weighted by Gasteiger charge is 2.51.